The molecular weight excluding hydrogens is 286 g/mol. The number of nitrogens with zero attached hydrogens (tertiary/aromatic N) is 3. The summed E-state index contributed by atoms with van der Waals surface area (Å²) in [5, 5.41) is 1.23. The Hall–Kier alpha value is -2.36. The molecule has 0 atom stereocenters. The van der Waals surface area contributed by atoms with Crippen LogP contribution in [0.5, 0.6) is 0 Å². The van der Waals surface area contributed by atoms with Gasteiger partial charge in [0.05, 0.1) is 12.5 Å². The van der Waals surface area contributed by atoms with Crippen molar-refractivity contribution >= 4 is 16.8 Å². The fourth-order valence-corrected chi connectivity index (χ4v) is 3.16. The summed E-state index contributed by atoms with van der Waals surface area (Å²) in [7, 11) is 0. The van der Waals surface area contributed by atoms with Crippen LogP contribution >= 0.6 is 0 Å². The van der Waals surface area contributed by atoms with E-state index in [1.165, 1.54) is 17.5 Å². The molecule has 23 heavy (non-hydrogen) atoms. The van der Waals surface area contributed by atoms with Crippen molar-refractivity contribution in [2.75, 3.05) is 31.1 Å². The van der Waals surface area contributed by atoms with Crippen molar-refractivity contribution < 1.29 is 4.42 Å². The van der Waals surface area contributed by atoms with E-state index in [1.54, 1.807) is 0 Å². The fourth-order valence-electron chi connectivity index (χ4n) is 3.16. The van der Waals surface area contributed by atoms with E-state index in [0.717, 1.165) is 48.7 Å². The summed E-state index contributed by atoms with van der Waals surface area (Å²) in [5.41, 5.74) is 3.86. The highest BCUT2D eigenvalue weighted by molar-refractivity contribution is 5.80. The van der Waals surface area contributed by atoms with Crippen LogP contribution in [-0.2, 0) is 0 Å². The van der Waals surface area contributed by atoms with Gasteiger partial charge in [0.2, 0.25) is 5.36 Å². The summed E-state index contributed by atoms with van der Waals surface area (Å²) in [6, 6.07) is 12.6. The molecule has 3 aliphatic rings. The summed E-state index contributed by atoms with van der Waals surface area (Å²) in [4.78, 5) is 7.06. The first-order valence-electron chi connectivity index (χ1n) is 8.46. The minimum absolute atomic E-state index is 0.850. The number of fused-ring (bicyclic) bond motifs is 2. The van der Waals surface area contributed by atoms with Gasteiger partial charge in [0.15, 0.2) is 11.3 Å². The molecule has 0 aromatic heterocycles. The molecule has 0 unspecified atom stereocenters. The number of anilines is 1. The number of aromatic nitrogens is 1. The minimum Gasteiger partial charge on any atom is -0.452 e. The van der Waals surface area contributed by atoms with E-state index in [1.807, 2.05) is 0 Å². The Morgan fingerprint density at radius 2 is 1.91 bits per heavy atom. The molecule has 2 heterocycles. The molecule has 118 valence electrons. The van der Waals surface area contributed by atoms with Crippen molar-refractivity contribution in [3.8, 4) is 11.5 Å². The number of rotatable bonds is 3. The van der Waals surface area contributed by atoms with Gasteiger partial charge in [0, 0.05) is 30.9 Å². The zero-order valence-corrected chi connectivity index (χ0v) is 13.7. The Bertz CT molecular complexity index is 887. The van der Waals surface area contributed by atoms with E-state index in [0.29, 0.717) is 0 Å². The van der Waals surface area contributed by atoms with Gasteiger partial charge in [-0.2, -0.15) is 0 Å². The predicted molar refractivity (Wildman–Crippen MR) is 93.8 cm³/mol. The van der Waals surface area contributed by atoms with E-state index in [9.17, 15) is 0 Å². The summed E-state index contributed by atoms with van der Waals surface area (Å²) in [6.07, 6.45) is 1.28. The quantitative estimate of drug-likeness (QED) is 0.551. The molecule has 1 aromatic carbocycles. The first kappa shape index (κ1) is 14.2. The Morgan fingerprint density at radius 1 is 1.09 bits per heavy atom. The lowest BCUT2D eigenvalue weighted by Gasteiger charge is -2.21. The average molecular weight is 308 g/mol. The molecule has 0 N–H and O–H groups in total. The molecule has 1 aliphatic carbocycles. The molecule has 1 fully saturated rings. The van der Waals surface area contributed by atoms with Gasteiger partial charge in [-0.1, -0.05) is 0 Å². The Kier molecular flexibility index (Phi) is 3.52. The summed E-state index contributed by atoms with van der Waals surface area (Å²) in [6.45, 7) is 8.59. The standard InChI is InChI=1S/C19H22N3O/c1-3-21(4-2)14-6-8-16-18(12-14)23-19-13-15(22-10-5-11-22)7-9-17(19)20-16/h6-9,12-13H,3-5,10-11H2,1-2H3/q+1. The van der Waals surface area contributed by atoms with E-state index in [4.69, 9.17) is 9.40 Å². The molecule has 4 nitrogen and oxygen atoms in total. The van der Waals surface area contributed by atoms with Crippen molar-refractivity contribution in [2.45, 2.75) is 20.3 Å². The number of hydrogen-bond donors (Lipinski definition) is 0. The van der Waals surface area contributed by atoms with E-state index >= 15 is 0 Å². The summed E-state index contributed by atoms with van der Waals surface area (Å²) < 4.78 is 8.54. The van der Waals surface area contributed by atoms with Crippen LogP contribution in [0.15, 0.2) is 40.8 Å². The first-order valence-corrected chi connectivity index (χ1v) is 8.46. The zero-order chi connectivity index (χ0) is 15.8. The van der Waals surface area contributed by atoms with Crippen LogP contribution in [0.25, 0.3) is 22.6 Å². The van der Waals surface area contributed by atoms with Crippen molar-refractivity contribution in [3.63, 3.8) is 0 Å². The molecule has 0 spiro atoms. The van der Waals surface area contributed by atoms with Crippen molar-refractivity contribution in [2.24, 2.45) is 0 Å². The molecule has 0 amide bonds. The van der Waals surface area contributed by atoms with Crippen molar-refractivity contribution in [1.82, 2.24) is 9.56 Å². The molecule has 0 saturated carbocycles. The number of benzene rings is 2. The van der Waals surface area contributed by atoms with Gasteiger partial charge < -0.3 is 9.32 Å². The lowest BCUT2D eigenvalue weighted by atomic mass is 10.2. The molecule has 4 heteroatoms. The van der Waals surface area contributed by atoms with Gasteiger partial charge >= 0.3 is 0 Å². The van der Waals surface area contributed by atoms with Gasteiger partial charge in [-0.15, -0.1) is 0 Å². The van der Waals surface area contributed by atoms with Gasteiger partial charge in [-0.05, 0) is 32.0 Å². The van der Waals surface area contributed by atoms with E-state index in [-0.39, 0.29) is 0 Å². The summed E-state index contributed by atoms with van der Waals surface area (Å²) >= 11 is 0. The normalized spacial score (nSPS) is 14.3. The maximum Gasteiger partial charge on any atom is 0.203 e. The second-order valence-corrected chi connectivity index (χ2v) is 6.03. The van der Waals surface area contributed by atoms with Gasteiger partial charge in [0.1, 0.15) is 24.3 Å². The Morgan fingerprint density at radius 3 is 2.61 bits per heavy atom. The molecule has 4 rings (SSSR count). The van der Waals surface area contributed by atoms with E-state index in [2.05, 4.69) is 59.7 Å². The van der Waals surface area contributed by atoms with Crippen molar-refractivity contribution in [1.29, 1.82) is 0 Å². The molecule has 0 radical (unpaired) electrons. The third kappa shape index (κ3) is 2.48. The molecule has 1 aromatic rings. The maximum atomic E-state index is 6.17. The average Bonchev–Trinajstić information content (AvgIpc) is 2.52. The third-order valence-corrected chi connectivity index (χ3v) is 4.70. The molecule has 1 saturated heterocycles. The Labute approximate surface area is 136 Å². The third-order valence-electron chi connectivity index (χ3n) is 4.70. The van der Waals surface area contributed by atoms with Crippen LogP contribution in [-0.4, -0.2) is 31.2 Å². The highest BCUT2D eigenvalue weighted by Crippen LogP contribution is 2.27. The molecule has 2 aliphatic heterocycles. The molecule has 0 bridgehead atoms. The van der Waals surface area contributed by atoms with Gasteiger partial charge in [0.25, 0.3) is 0 Å². The zero-order valence-electron chi connectivity index (χ0n) is 13.7. The van der Waals surface area contributed by atoms with Crippen LogP contribution in [0.1, 0.15) is 20.3 Å². The second-order valence-electron chi connectivity index (χ2n) is 6.03. The van der Waals surface area contributed by atoms with E-state index < -0.39 is 0 Å². The highest BCUT2D eigenvalue weighted by atomic mass is 16.3. The SMILES string of the molecule is CCN(CC)c1ccc2nc3ccc(=[N+]4CCC4)cc-3oc2c1. The maximum absolute atomic E-state index is 6.17. The highest BCUT2D eigenvalue weighted by Gasteiger charge is 2.18. The lowest BCUT2D eigenvalue weighted by Crippen LogP contribution is -2.40. The van der Waals surface area contributed by atoms with Gasteiger partial charge in [-0.25, -0.2) is 9.56 Å². The van der Waals surface area contributed by atoms with Crippen LogP contribution in [0.2, 0.25) is 0 Å². The minimum atomic E-state index is 0.850. The number of hydrogen-bond acceptors (Lipinski definition) is 3. The van der Waals surface area contributed by atoms with Crippen molar-refractivity contribution in [3.05, 3.63) is 41.8 Å². The second kappa shape index (κ2) is 5.69. The van der Waals surface area contributed by atoms with Crippen LogP contribution in [0.3, 0.4) is 0 Å². The largest absolute Gasteiger partial charge is 0.452 e. The monoisotopic (exact) mass is 308 g/mol. The smallest absolute Gasteiger partial charge is 0.203 e. The van der Waals surface area contributed by atoms with Crippen LogP contribution in [0, 0.1) is 0 Å². The summed E-state index contributed by atoms with van der Waals surface area (Å²) in [5.74, 6) is 0.860. The van der Waals surface area contributed by atoms with Crippen LogP contribution in [0.4, 0.5) is 5.69 Å². The topological polar surface area (TPSA) is 32.3 Å². The Balaban J connectivity index is 1.88. The van der Waals surface area contributed by atoms with Crippen LogP contribution < -0.4 is 14.8 Å². The lowest BCUT2D eigenvalue weighted by molar-refractivity contribution is 0.432. The molecular formula is C19H22N3O+. The first-order chi connectivity index (χ1) is 11.3. The fraction of sp³-hybridized carbons (Fsp3) is 0.368. The van der Waals surface area contributed by atoms with Gasteiger partial charge in [-0.3, -0.25) is 0 Å². The predicted octanol–water partition coefficient (Wildman–Crippen LogP) is 2.95.